The Morgan fingerprint density at radius 2 is 2.43 bits per heavy atom. The number of urea groups is 1. The van der Waals surface area contributed by atoms with E-state index in [2.05, 4.69) is 5.16 Å². The summed E-state index contributed by atoms with van der Waals surface area (Å²) in [5.74, 6) is -0.314. The van der Waals surface area contributed by atoms with E-state index in [0.29, 0.717) is 5.76 Å². The Balaban J connectivity index is 2.66. The minimum Gasteiger partial charge on any atom is -0.377 e. The van der Waals surface area contributed by atoms with E-state index in [0.717, 1.165) is 0 Å². The van der Waals surface area contributed by atoms with E-state index < -0.39 is 11.9 Å². The number of primary amides is 1. The fourth-order valence-corrected chi connectivity index (χ4v) is 0.806. The maximum atomic E-state index is 11.1. The van der Waals surface area contributed by atoms with Crippen LogP contribution in [-0.4, -0.2) is 24.2 Å². The second kappa shape index (κ2) is 4.38. The number of nitrogens with two attached hydrogens (primary N) is 1. The Hall–Kier alpha value is -1.89. The first-order valence-electron chi connectivity index (χ1n) is 3.69. The van der Waals surface area contributed by atoms with Gasteiger partial charge in [-0.2, -0.15) is 0 Å². The van der Waals surface area contributed by atoms with Crippen LogP contribution in [0.1, 0.15) is 16.2 Å². The van der Waals surface area contributed by atoms with Crippen LogP contribution in [0.2, 0.25) is 0 Å². The number of methoxy groups -OCH3 is 1. The van der Waals surface area contributed by atoms with Crippen LogP contribution in [-0.2, 0) is 11.3 Å². The summed E-state index contributed by atoms with van der Waals surface area (Å²) >= 11 is 0. The molecule has 0 bridgehead atoms. The Morgan fingerprint density at radius 1 is 1.71 bits per heavy atom. The zero-order chi connectivity index (χ0) is 10.6. The Kier molecular flexibility index (Phi) is 3.19. The molecule has 0 saturated heterocycles. The van der Waals surface area contributed by atoms with Gasteiger partial charge in [-0.15, -0.1) is 0 Å². The molecule has 1 rings (SSSR count). The van der Waals surface area contributed by atoms with E-state index >= 15 is 0 Å². The van der Waals surface area contributed by atoms with Gasteiger partial charge in [0.2, 0.25) is 0 Å². The van der Waals surface area contributed by atoms with Gasteiger partial charge in [-0.25, -0.2) is 4.79 Å². The summed E-state index contributed by atoms with van der Waals surface area (Å²) < 4.78 is 9.46. The molecule has 0 spiro atoms. The maximum Gasteiger partial charge on any atom is 0.319 e. The summed E-state index contributed by atoms with van der Waals surface area (Å²) in [5, 5.41) is 5.26. The zero-order valence-corrected chi connectivity index (χ0v) is 7.44. The largest absolute Gasteiger partial charge is 0.377 e. The Morgan fingerprint density at radius 3 is 3.00 bits per heavy atom. The normalized spacial score (nSPS) is 9.79. The van der Waals surface area contributed by atoms with Crippen molar-refractivity contribution in [2.75, 3.05) is 7.11 Å². The highest BCUT2D eigenvalue weighted by molar-refractivity contribution is 6.02. The third kappa shape index (κ3) is 2.56. The van der Waals surface area contributed by atoms with Gasteiger partial charge in [-0.1, -0.05) is 5.16 Å². The van der Waals surface area contributed by atoms with Crippen molar-refractivity contribution < 1.29 is 18.8 Å². The van der Waals surface area contributed by atoms with Crippen LogP contribution < -0.4 is 11.1 Å². The molecule has 7 heteroatoms. The summed E-state index contributed by atoms with van der Waals surface area (Å²) in [4.78, 5) is 21.4. The molecule has 7 nitrogen and oxygen atoms in total. The standard InChI is InChI=1S/C7H9N3O4/c1-13-3-4-2-5(10-14-4)6(11)9-7(8)12/h2H,3H2,1H3,(H3,8,9,11,12). The predicted octanol–water partition coefficient (Wildman–Crippen LogP) is -0.370. The molecular formula is C7H9N3O4. The SMILES string of the molecule is COCc1cc(C(=O)NC(N)=O)no1. The van der Waals surface area contributed by atoms with E-state index in [1.54, 1.807) is 0 Å². The van der Waals surface area contributed by atoms with Crippen molar-refractivity contribution in [1.29, 1.82) is 0 Å². The number of hydrogen-bond acceptors (Lipinski definition) is 5. The first-order chi connectivity index (χ1) is 6.63. The van der Waals surface area contributed by atoms with E-state index in [4.69, 9.17) is 15.0 Å². The van der Waals surface area contributed by atoms with Crippen LogP contribution in [0.5, 0.6) is 0 Å². The highest BCUT2D eigenvalue weighted by Crippen LogP contribution is 2.04. The van der Waals surface area contributed by atoms with Gasteiger partial charge in [0.1, 0.15) is 6.61 Å². The fourth-order valence-electron chi connectivity index (χ4n) is 0.806. The van der Waals surface area contributed by atoms with E-state index in [-0.39, 0.29) is 12.3 Å². The average molecular weight is 199 g/mol. The number of ether oxygens (including phenoxy) is 1. The maximum absolute atomic E-state index is 11.1. The van der Waals surface area contributed by atoms with E-state index in [1.807, 2.05) is 5.32 Å². The van der Waals surface area contributed by atoms with Crippen LogP contribution in [0.3, 0.4) is 0 Å². The van der Waals surface area contributed by atoms with Gasteiger partial charge < -0.3 is 15.0 Å². The summed E-state index contributed by atoms with van der Waals surface area (Å²) in [6, 6.07) is 0.424. The van der Waals surface area contributed by atoms with E-state index in [1.165, 1.54) is 13.2 Å². The molecule has 1 aromatic heterocycles. The number of carbonyl (C=O) groups is 2. The lowest BCUT2D eigenvalue weighted by atomic mass is 10.3. The van der Waals surface area contributed by atoms with Gasteiger partial charge in [0.25, 0.3) is 5.91 Å². The van der Waals surface area contributed by atoms with Crippen LogP contribution in [0, 0.1) is 0 Å². The van der Waals surface area contributed by atoms with Crippen molar-refractivity contribution >= 4 is 11.9 Å². The van der Waals surface area contributed by atoms with Crippen LogP contribution in [0.25, 0.3) is 0 Å². The summed E-state index contributed by atoms with van der Waals surface area (Å²) in [6.07, 6.45) is 0. The molecule has 1 aromatic rings. The van der Waals surface area contributed by atoms with E-state index in [9.17, 15) is 9.59 Å². The molecule has 3 N–H and O–H groups in total. The van der Waals surface area contributed by atoms with Gasteiger partial charge in [-0.05, 0) is 0 Å². The Bertz CT molecular complexity index is 346. The number of aromatic nitrogens is 1. The number of amides is 3. The molecule has 0 aromatic carbocycles. The lowest BCUT2D eigenvalue weighted by molar-refractivity contribution is 0.0956. The molecule has 3 amide bonds. The van der Waals surface area contributed by atoms with Crippen LogP contribution >= 0.6 is 0 Å². The second-order valence-electron chi connectivity index (χ2n) is 2.43. The van der Waals surface area contributed by atoms with Crippen molar-refractivity contribution in [3.63, 3.8) is 0 Å². The summed E-state index contributed by atoms with van der Waals surface area (Å²) in [5.41, 5.74) is 4.72. The summed E-state index contributed by atoms with van der Waals surface area (Å²) in [7, 11) is 1.48. The molecular weight excluding hydrogens is 190 g/mol. The van der Waals surface area contributed by atoms with Crippen molar-refractivity contribution in [2.24, 2.45) is 5.73 Å². The van der Waals surface area contributed by atoms with Gasteiger partial charge in [-0.3, -0.25) is 10.1 Å². The highest BCUT2D eigenvalue weighted by atomic mass is 16.5. The number of hydrogen-bond donors (Lipinski definition) is 2. The first-order valence-corrected chi connectivity index (χ1v) is 3.69. The molecule has 0 aliphatic carbocycles. The molecule has 0 aliphatic heterocycles. The van der Waals surface area contributed by atoms with Gasteiger partial charge in [0, 0.05) is 13.2 Å². The topological polar surface area (TPSA) is 107 Å². The molecule has 76 valence electrons. The lowest BCUT2D eigenvalue weighted by Gasteiger charge is -1.93. The van der Waals surface area contributed by atoms with Crippen molar-refractivity contribution in [2.45, 2.75) is 6.61 Å². The fraction of sp³-hybridized carbons (Fsp3) is 0.286. The van der Waals surface area contributed by atoms with Crippen LogP contribution in [0.15, 0.2) is 10.6 Å². The Labute approximate surface area is 79.2 Å². The number of rotatable bonds is 3. The minimum absolute atomic E-state index is 0.0177. The number of nitrogens with zero attached hydrogens (tertiary/aromatic N) is 1. The molecule has 14 heavy (non-hydrogen) atoms. The zero-order valence-electron chi connectivity index (χ0n) is 7.44. The van der Waals surface area contributed by atoms with Crippen LogP contribution in [0.4, 0.5) is 4.79 Å². The first kappa shape index (κ1) is 10.2. The summed E-state index contributed by atoms with van der Waals surface area (Å²) in [6.45, 7) is 0.205. The van der Waals surface area contributed by atoms with Gasteiger partial charge >= 0.3 is 6.03 Å². The smallest absolute Gasteiger partial charge is 0.319 e. The monoisotopic (exact) mass is 199 g/mol. The molecule has 0 unspecified atom stereocenters. The molecule has 0 atom stereocenters. The third-order valence-electron chi connectivity index (χ3n) is 1.31. The molecule has 0 fully saturated rings. The quantitative estimate of drug-likeness (QED) is 0.690. The second-order valence-corrected chi connectivity index (χ2v) is 2.43. The molecule has 0 saturated carbocycles. The van der Waals surface area contributed by atoms with Crippen molar-refractivity contribution in [1.82, 2.24) is 10.5 Å². The molecule has 0 aliphatic rings. The average Bonchev–Trinajstić information content (AvgIpc) is 2.52. The molecule has 1 heterocycles. The lowest BCUT2D eigenvalue weighted by Crippen LogP contribution is -2.35. The minimum atomic E-state index is -0.939. The highest BCUT2D eigenvalue weighted by Gasteiger charge is 2.13. The van der Waals surface area contributed by atoms with Gasteiger partial charge in [0.15, 0.2) is 11.5 Å². The number of carbonyl (C=O) groups excluding carboxylic acids is 2. The third-order valence-corrected chi connectivity index (χ3v) is 1.31. The molecule has 0 radical (unpaired) electrons. The number of imide groups is 1. The predicted molar refractivity (Wildman–Crippen MR) is 44.3 cm³/mol. The van der Waals surface area contributed by atoms with Crippen molar-refractivity contribution in [3.8, 4) is 0 Å². The number of nitrogens with one attached hydrogen (secondary N) is 1. The van der Waals surface area contributed by atoms with Crippen molar-refractivity contribution in [3.05, 3.63) is 17.5 Å². The van der Waals surface area contributed by atoms with Gasteiger partial charge in [0.05, 0.1) is 0 Å².